The number of anilines is 1. The molecule has 0 spiro atoms. The molecule has 0 aliphatic carbocycles. The number of hydrogen-bond donors (Lipinski definition) is 2. The molecule has 0 saturated heterocycles. The van der Waals surface area contributed by atoms with E-state index in [1.165, 1.54) is 6.39 Å². The summed E-state index contributed by atoms with van der Waals surface area (Å²) in [7, 11) is -3.75. The van der Waals surface area contributed by atoms with Gasteiger partial charge in [0.1, 0.15) is 0 Å². The Morgan fingerprint density at radius 2 is 1.69 bits per heavy atom. The van der Waals surface area contributed by atoms with Crippen molar-refractivity contribution in [3.05, 3.63) is 90.4 Å². The molecule has 0 aliphatic rings. The van der Waals surface area contributed by atoms with Crippen LogP contribution in [0.3, 0.4) is 0 Å². The van der Waals surface area contributed by atoms with Crippen LogP contribution in [0.2, 0.25) is 0 Å². The third-order valence-electron chi connectivity index (χ3n) is 5.11. The highest BCUT2D eigenvalue weighted by Gasteiger charge is 2.25. The Hall–Kier alpha value is -4.26. The lowest BCUT2D eigenvalue weighted by atomic mass is 10.1. The first-order valence-corrected chi connectivity index (χ1v) is 12.5. The van der Waals surface area contributed by atoms with Crippen molar-refractivity contribution in [2.24, 2.45) is 0 Å². The molecule has 9 heteroatoms. The molecule has 0 fully saturated rings. The summed E-state index contributed by atoms with van der Waals surface area (Å²) in [4.78, 5) is 17.1. The van der Waals surface area contributed by atoms with Crippen LogP contribution in [0.4, 0.5) is 5.69 Å². The van der Waals surface area contributed by atoms with Gasteiger partial charge in [-0.3, -0.25) is 4.79 Å². The second-order valence-electron chi connectivity index (χ2n) is 9.11. The molecule has 4 aromatic rings. The van der Waals surface area contributed by atoms with E-state index >= 15 is 0 Å². The summed E-state index contributed by atoms with van der Waals surface area (Å²) in [6.45, 7) is 5.35. The molecular weight excluding hydrogens is 476 g/mol. The van der Waals surface area contributed by atoms with Crippen molar-refractivity contribution in [3.63, 3.8) is 0 Å². The van der Waals surface area contributed by atoms with Crippen molar-refractivity contribution in [1.82, 2.24) is 9.71 Å². The largest absolute Gasteiger partial charge is 0.443 e. The predicted molar refractivity (Wildman–Crippen MR) is 137 cm³/mol. The molecule has 2 N–H and O–H groups in total. The van der Waals surface area contributed by atoms with Crippen molar-refractivity contribution >= 4 is 21.6 Å². The molecule has 1 amide bonds. The van der Waals surface area contributed by atoms with Gasteiger partial charge in [-0.15, -0.1) is 0 Å². The van der Waals surface area contributed by atoms with Gasteiger partial charge in [0, 0.05) is 22.4 Å². The van der Waals surface area contributed by atoms with E-state index in [-0.39, 0.29) is 16.3 Å². The third-order valence-corrected chi connectivity index (χ3v) is 6.92. The zero-order valence-corrected chi connectivity index (χ0v) is 20.8. The van der Waals surface area contributed by atoms with Crippen LogP contribution in [0.15, 0.2) is 88.5 Å². The number of hydrogen-bond acceptors (Lipinski definition) is 6. The number of aromatic nitrogens is 1. The number of nitrogens with one attached hydrogen (secondary N) is 2. The predicted octanol–water partition coefficient (Wildman–Crippen LogP) is 5.21. The summed E-state index contributed by atoms with van der Waals surface area (Å²) >= 11 is 0. The smallest absolute Gasteiger partial charge is 0.278 e. The van der Waals surface area contributed by atoms with E-state index < -0.39 is 21.5 Å². The second kappa shape index (κ2) is 9.77. The van der Waals surface area contributed by atoms with Crippen LogP contribution >= 0.6 is 0 Å². The number of nitriles is 1. The second-order valence-corrected chi connectivity index (χ2v) is 10.8. The number of amides is 1. The molecule has 1 heterocycles. The summed E-state index contributed by atoms with van der Waals surface area (Å²) < 4.78 is 34.1. The van der Waals surface area contributed by atoms with Crippen LogP contribution in [0.5, 0.6) is 0 Å². The van der Waals surface area contributed by atoms with Crippen molar-refractivity contribution < 1.29 is 17.6 Å². The number of nitrogens with zero attached hydrogens (tertiary/aromatic N) is 2. The third kappa shape index (κ3) is 5.51. The lowest BCUT2D eigenvalue weighted by Crippen LogP contribution is -2.40. The molecule has 36 heavy (non-hydrogen) atoms. The number of carbonyl (C=O) groups excluding carboxylic acids is 1. The van der Waals surface area contributed by atoms with E-state index in [4.69, 9.17) is 9.68 Å². The lowest BCUT2D eigenvalue weighted by molar-refractivity contribution is 0.102. The van der Waals surface area contributed by atoms with Gasteiger partial charge in [0.25, 0.3) is 5.91 Å². The Balaban J connectivity index is 1.57. The van der Waals surface area contributed by atoms with E-state index in [9.17, 15) is 13.2 Å². The summed E-state index contributed by atoms with van der Waals surface area (Å²) in [5.74, 6) is -0.224. The fourth-order valence-corrected chi connectivity index (χ4v) is 5.31. The molecule has 0 unspecified atom stereocenters. The zero-order valence-electron chi connectivity index (χ0n) is 19.9. The fourth-order valence-electron chi connectivity index (χ4n) is 3.66. The maximum absolute atomic E-state index is 13.0. The van der Waals surface area contributed by atoms with Gasteiger partial charge in [0.15, 0.2) is 17.8 Å². The number of carbonyl (C=O) groups is 1. The first-order chi connectivity index (χ1) is 17.1. The van der Waals surface area contributed by atoms with Gasteiger partial charge in [-0.25, -0.2) is 18.1 Å². The minimum atomic E-state index is -3.75. The zero-order chi connectivity index (χ0) is 25.9. The van der Waals surface area contributed by atoms with Crippen molar-refractivity contribution in [1.29, 1.82) is 5.26 Å². The first kappa shape index (κ1) is 24.9. The average Bonchev–Trinajstić information content (AvgIpc) is 3.33. The van der Waals surface area contributed by atoms with Crippen LogP contribution in [-0.2, 0) is 10.0 Å². The molecule has 0 radical (unpaired) electrons. The molecule has 0 atom stereocenters. The van der Waals surface area contributed by atoms with Gasteiger partial charge in [-0.1, -0.05) is 42.5 Å². The number of benzene rings is 3. The summed E-state index contributed by atoms with van der Waals surface area (Å²) in [5, 5.41) is 11.9. The molecule has 1 aromatic heterocycles. The normalized spacial score (nSPS) is 11.6. The van der Waals surface area contributed by atoms with Crippen molar-refractivity contribution in [2.75, 3.05) is 5.32 Å². The van der Waals surface area contributed by atoms with E-state index in [1.54, 1.807) is 93.6 Å². The van der Waals surface area contributed by atoms with Crippen molar-refractivity contribution in [3.8, 4) is 28.5 Å². The molecular formula is C27H24N4O4S. The van der Waals surface area contributed by atoms with Crippen LogP contribution in [0, 0.1) is 11.3 Å². The number of oxazole rings is 1. The minimum absolute atomic E-state index is 0.0823. The first-order valence-electron chi connectivity index (χ1n) is 11.1. The minimum Gasteiger partial charge on any atom is -0.443 e. The highest BCUT2D eigenvalue weighted by atomic mass is 32.2. The monoisotopic (exact) mass is 500 g/mol. The molecule has 4 rings (SSSR count). The van der Waals surface area contributed by atoms with Crippen molar-refractivity contribution in [2.45, 2.75) is 31.2 Å². The molecule has 0 saturated carbocycles. The molecule has 182 valence electrons. The maximum atomic E-state index is 13.0. The number of rotatable bonds is 6. The van der Waals surface area contributed by atoms with Crippen LogP contribution in [-0.4, -0.2) is 24.8 Å². The Morgan fingerprint density at radius 3 is 2.39 bits per heavy atom. The van der Waals surface area contributed by atoms with Gasteiger partial charge >= 0.3 is 0 Å². The fraction of sp³-hybridized carbons (Fsp3) is 0.148. The molecule has 0 bridgehead atoms. The van der Waals surface area contributed by atoms with Gasteiger partial charge in [0.05, 0.1) is 16.5 Å². The maximum Gasteiger partial charge on any atom is 0.278 e. The topological polar surface area (TPSA) is 125 Å². The van der Waals surface area contributed by atoms with E-state index in [2.05, 4.69) is 21.1 Å². The van der Waals surface area contributed by atoms with Crippen LogP contribution in [0.25, 0.3) is 22.5 Å². The van der Waals surface area contributed by atoms with Crippen LogP contribution in [0.1, 0.15) is 36.8 Å². The van der Waals surface area contributed by atoms with Gasteiger partial charge < -0.3 is 9.73 Å². The Bertz CT molecular complexity index is 1560. The highest BCUT2D eigenvalue weighted by Crippen LogP contribution is 2.30. The average molecular weight is 501 g/mol. The molecule has 8 nitrogen and oxygen atoms in total. The van der Waals surface area contributed by atoms with Crippen LogP contribution < -0.4 is 10.0 Å². The van der Waals surface area contributed by atoms with E-state index in [1.807, 2.05) is 0 Å². The Kier molecular flexibility index (Phi) is 6.75. The standard InChI is InChI=1S/C27H24N4O4S/c1-27(2,3)31-36(33,34)23-10-5-4-9-22(23)19-11-13-21(14-12-19)30-26(32)24-25(35-17-29-24)20-8-6-7-18(15-20)16-28/h4-15,17,31H,1-3H3,(H,30,32). The lowest BCUT2D eigenvalue weighted by Gasteiger charge is -2.21. The Labute approximate surface area is 209 Å². The van der Waals surface area contributed by atoms with E-state index in [0.717, 1.165) is 0 Å². The Morgan fingerprint density at radius 1 is 0.972 bits per heavy atom. The number of sulfonamides is 1. The van der Waals surface area contributed by atoms with Gasteiger partial charge in [-0.2, -0.15) is 5.26 Å². The molecule has 0 aliphatic heterocycles. The SMILES string of the molecule is CC(C)(C)NS(=O)(=O)c1ccccc1-c1ccc(NC(=O)c2ncoc2-c2cccc(C#N)c2)cc1. The van der Waals surface area contributed by atoms with Gasteiger partial charge in [0.2, 0.25) is 10.0 Å². The summed E-state index contributed by atoms with van der Waals surface area (Å²) in [5.41, 5.74) is 2.17. The molecule has 3 aromatic carbocycles. The summed E-state index contributed by atoms with van der Waals surface area (Å²) in [6.07, 6.45) is 1.18. The summed E-state index contributed by atoms with van der Waals surface area (Å²) in [6, 6.07) is 22.4. The quantitative estimate of drug-likeness (QED) is 0.374. The van der Waals surface area contributed by atoms with Gasteiger partial charge in [-0.05, 0) is 56.7 Å². The highest BCUT2D eigenvalue weighted by molar-refractivity contribution is 7.89. The van der Waals surface area contributed by atoms with E-state index in [0.29, 0.717) is 27.9 Å².